The topological polar surface area (TPSA) is 42.5 Å². The van der Waals surface area contributed by atoms with Crippen molar-refractivity contribution in [1.82, 2.24) is 9.88 Å². The van der Waals surface area contributed by atoms with Crippen LogP contribution in [0.5, 0.6) is 0 Å². The number of para-hydroxylation sites is 2. The minimum absolute atomic E-state index is 0.341. The molecule has 4 heteroatoms. The van der Waals surface area contributed by atoms with Crippen molar-refractivity contribution < 1.29 is 4.42 Å². The molecule has 0 aliphatic carbocycles. The third kappa shape index (κ3) is 5.57. The summed E-state index contributed by atoms with van der Waals surface area (Å²) in [5, 5.41) is 10.4. The molecule has 1 aliphatic heterocycles. The number of nitrogens with one attached hydrogen (secondary N) is 1. The lowest BCUT2D eigenvalue weighted by Gasteiger charge is -2.23. The normalized spacial score (nSPS) is 13.7. The van der Waals surface area contributed by atoms with Crippen LogP contribution in [0, 0.1) is 0 Å². The van der Waals surface area contributed by atoms with E-state index in [2.05, 4.69) is 222 Å². The Bertz CT molecular complexity index is 3450. The highest BCUT2D eigenvalue weighted by Crippen LogP contribution is 2.42. The quantitative estimate of drug-likeness (QED) is 0.183. The molecule has 0 bridgehead atoms. The van der Waals surface area contributed by atoms with E-state index in [1.165, 1.54) is 44.2 Å². The van der Waals surface area contributed by atoms with Crippen LogP contribution in [0.25, 0.3) is 88.5 Å². The van der Waals surface area contributed by atoms with Gasteiger partial charge in [-0.1, -0.05) is 182 Å². The molecule has 2 aromatic heterocycles. The molecule has 0 spiro atoms. The summed E-state index contributed by atoms with van der Waals surface area (Å²) in [4.78, 5) is 5.35. The standard InChI is InChI=1S/C56H37N3O/c1-4-14-36(15-5-1)39-26-28-40(29-27-39)54-45-20-10-11-23-48(45)57-56(58-54)47-22-13-25-52-53(47)46-21-12-24-49(55(46)60-52)59-50-34-41(37-16-6-2-7-17-37)30-32-43(50)44-33-31-42(35-51(44)59)38-18-8-3-9-19-38/h1-35,56,58H. The average molecular weight is 768 g/mol. The van der Waals surface area contributed by atoms with Gasteiger partial charge in [0.1, 0.15) is 11.7 Å². The van der Waals surface area contributed by atoms with Gasteiger partial charge in [-0.3, -0.25) is 4.99 Å². The number of aromatic nitrogens is 1. The lowest BCUT2D eigenvalue weighted by molar-refractivity contribution is 0.636. The van der Waals surface area contributed by atoms with Crippen molar-refractivity contribution in [2.24, 2.45) is 4.99 Å². The number of nitrogens with zero attached hydrogens (tertiary/aromatic N) is 2. The Morgan fingerprint density at radius 2 is 0.967 bits per heavy atom. The minimum Gasteiger partial charge on any atom is -0.454 e. The van der Waals surface area contributed by atoms with Crippen molar-refractivity contribution >= 4 is 49.4 Å². The fourth-order valence-corrected chi connectivity index (χ4v) is 9.19. The monoisotopic (exact) mass is 767 g/mol. The molecule has 9 aromatic carbocycles. The van der Waals surface area contributed by atoms with Crippen LogP contribution >= 0.6 is 0 Å². The van der Waals surface area contributed by atoms with Crippen LogP contribution < -0.4 is 15.9 Å². The fourth-order valence-electron chi connectivity index (χ4n) is 9.19. The highest BCUT2D eigenvalue weighted by Gasteiger charge is 2.24. The first kappa shape index (κ1) is 34.1. The van der Waals surface area contributed by atoms with Crippen LogP contribution in [0.4, 0.5) is 0 Å². The van der Waals surface area contributed by atoms with Crippen LogP contribution in [-0.4, -0.2) is 4.57 Å². The summed E-state index contributed by atoms with van der Waals surface area (Å²) >= 11 is 0. The van der Waals surface area contributed by atoms with Gasteiger partial charge in [-0.25, -0.2) is 0 Å². The smallest absolute Gasteiger partial charge is 0.159 e. The lowest BCUT2D eigenvalue weighted by Crippen LogP contribution is -2.39. The summed E-state index contributed by atoms with van der Waals surface area (Å²) in [5.74, 6) is 0. The van der Waals surface area contributed by atoms with Gasteiger partial charge in [0, 0.05) is 32.3 Å². The SMILES string of the molecule is c1ccc(-c2ccc(C3=c4ccccc4=NC(c4cccc5oc6c(-n7c8cc(-c9ccccc9)ccc8c8ccc(-c9ccccc9)cc87)cccc6c45)N3)cc2)cc1. The van der Waals surface area contributed by atoms with Crippen molar-refractivity contribution in [3.63, 3.8) is 0 Å². The average Bonchev–Trinajstić information content (AvgIpc) is 3.87. The summed E-state index contributed by atoms with van der Waals surface area (Å²) in [5.41, 5.74) is 15.2. The van der Waals surface area contributed by atoms with Gasteiger partial charge in [0.05, 0.1) is 27.8 Å². The molecule has 0 saturated carbocycles. The van der Waals surface area contributed by atoms with Crippen molar-refractivity contribution in [1.29, 1.82) is 0 Å². The number of furan rings is 1. The van der Waals surface area contributed by atoms with Gasteiger partial charge < -0.3 is 14.3 Å². The van der Waals surface area contributed by atoms with E-state index < -0.39 is 0 Å². The first-order chi connectivity index (χ1) is 29.7. The van der Waals surface area contributed by atoms with E-state index >= 15 is 0 Å². The Labute approximate surface area is 346 Å². The maximum absolute atomic E-state index is 7.01. The van der Waals surface area contributed by atoms with E-state index in [1.54, 1.807) is 0 Å². The number of hydrogen-bond acceptors (Lipinski definition) is 3. The molecule has 0 fully saturated rings. The summed E-state index contributed by atoms with van der Waals surface area (Å²) in [7, 11) is 0. The van der Waals surface area contributed by atoms with E-state index in [1.807, 2.05) is 0 Å². The van der Waals surface area contributed by atoms with Crippen LogP contribution in [-0.2, 0) is 0 Å². The van der Waals surface area contributed by atoms with Crippen LogP contribution in [0.2, 0.25) is 0 Å². The maximum Gasteiger partial charge on any atom is 0.159 e. The molecule has 0 amide bonds. The molecule has 3 heterocycles. The highest BCUT2D eigenvalue weighted by atomic mass is 16.3. The number of benzene rings is 9. The first-order valence-electron chi connectivity index (χ1n) is 20.5. The molecule has 60 heavy (non-hydrogen) atoms. The molecule has 0 saturated heterocycles. The molecular formula is C56H37N3O. The van der Waals surface area contributed by atoms with Gasteiger partial charge in [-0.15, -0.1) is 0 Å². The summed E-state index contributed by atoms with van der Waals surface area (Å²) < 4.78 is 9.41. The fraction of sp³-hybridized carbons (Fsp3) is 0.0179. The number of rotatable bonds is 6. The summed E-state index contributed by atoms with van der Waals surface area (Å²) in [6.45, 7) is 0. The lowest BCUT2D eigenvalue weighted by atomic mass is 9.99. The van der Waals surface area contributed by atoms with Crippen LogP contribution in [0.3, 0.4) is 0 Å². The van der Waals surface area contributed by atoms with Crippen LogP contribution in [0.1, 0.15) is 17.3 Å². The van der Waals surface area contributed by atoms with E-state index in [9.17, 15) is 0 Å². The van der Waals surface area contributed by atoms with Crippen molar-refractivity contribution in [3.8, 4) is 39.1 Å². The molecule has 282 valence electrons. The molecule has 4 nitrogen and oxygen atoms in total. The Morgan fingerprint density at radius 1 is 0.433 bits per heavy atom. The van der Waals surface area contributed by atoms with Crippen molar-refractivity contribution in [2.75, 3.05) is 0 Å². The Balaban J connectivity index is 1.04. The second-order valence-corrected chi connectivity index (χ2v) is 15.5. The molecule has 12 rings (SSSR count). The minimum atomic E-state index is -0.341. The Kier molecular flexibility index (Phi) is 7.88. The molecule has 1 unspecified atom stereocenters. The van der Waals surface area contributed by atoms with Gasteiger partial charge in [0.25, 0.3) is 0 Å². The van der Waals surface area contributed by atoms with Crippen molar-refractivity contribution in [3.05, 3.63) is 234 Å². The van der Waals surface area contributed by atoms with E-state index in [0.717, 1.165) is 66.1 Å². The van der Waals surface area contributed by atoms with Crippen LogP contribution in [0.15, 0.2) is 222 Å². The number of hydrogen-bond donors (Lipinski definition) is 1. The zero-order valence-electron chi connectivity index (χ0n) is 32.6. The highest BCUT2D eigenvalue weighted by molar-refractivity contribution is 6.14. The second-order valence-electron chi connectivity index (χ2n) is 15.5. The third-order valence-electron chi connectivity index (χ3n) is 12.1. The molecule has 0 radical (unpaired) electrons. The maximum atomic E-state index is 7.01. The van der Waals surface area contributed by atoms with Gasteiger partial charge in [-0.2, -0.15) is 0 Å². The van der Waals surface area contributed by atoms with Gasteiger partial charge in [-0.05, 0) is 69.3 Å². The third-order valence-corrected chi connectivity index (χ3v) is 12.1. The summed E-state index contributed by atoms with van der Waals surface area (Å²) in [6, 6.07) is 75.6. The van der Waals surface area contributed by atoms with E-state index in [0.29, 0.717) is 0 Å². The predicted octanol–water partition coefficient (Wildman–Crippen LogP) is 12.8. The predicted molar refractivity (Wildman–Crippen MR) is 246 cm³/mol. The van der Waals surface area contributed by atoms with Crippen molar-refractivity contribution in [2.45, 2.75) is 6.17 Å². The first-order valence-corrected chi connectivity index (χ1v) is 20.5. The zero-order chi connectivity index (χ0) is 39.6. The Morgan fingerprint density at radius 3 is 1.62 bits per heavy atom. The van der Waals surface area contributed by atoms with E-state index in [4.69, 9.17) is 9.41 Å². The van der Waals surface area contributed by atoms with Gasteiger partial charge >= 0.3 is 0 Å². The van der Waals surface area contributed by atoms with Gasteiger partial charge in [0.15, 0.2) is 5.58 Å². The molecule has 1 N–H and O–H groups in total. The summed E-state index contributed by atoms with van der Waals surface area (Å²) in [6.07, 6.45) is -0.341. The largest absolute Gasteiger partial charge is 0.454 e. The Hall–Kier alpha value is -7.95. The molecule has 1 aliphatic rings. The number of fused-ring (bicyclic) bond motifs is 7. The van der Waals surface area contributed by atoms with Gasteiger partial charge in [0.2, 0.25) is 0 Å². The molecular weight excluding hydrogens is 731 g/mol. The zero-order valence-corrected chi connectivity index (χ0v) is 32.6. The van der Waals surface area contributed by atoms with E-state index in [-0.39, 0.29) is 6.17 Å². The second kappa shape index (κ2) is 13.9. The molecule has 1 atom stereocenters. The molecule has 11 aromatic rings.